The molecule has 2 unspecified atom stereocenters. The van der Waals surface area contributed by atoms with Gasteiger partial charge >= 0.3 is 5.97 Å². The number of esters is 1. The van der Waals surface area contributed by atoms with Crippen molar-refractivity contribution in [1.82, 2.24) is 5.32 Å². The fourth-order valence-corrected chi connectivity index (χ4v) is 2.42. The van der Waals surface area contributed by atoms with Gasteiger partial charge in [-0.2, -0.15) is 0 Å². The highest BCUT2D eigenvalue weighted by Crippen LogP contribution is 2.31. The van der Waals surface area contributed by atoms with E-state index >= 15 is 0 Å². The van der Waals surface area contributed by atoms with Crippen molar-refractivity contribution in [1.29, 1.82) is 0 Å². The number of hydrogen-bond acceptors (Lipinski definition) is 4. The van der Waals surface area contributed by atoms with E-state index in [-0.39, 0.29) is 5.91 Å². The molecule has 0 fully saturated rings. The zero-order chi connectivity index (χ0) is 15.6. The molecule has 1 aliphatic rings. The van der Waals surface area contributed by atoms with E-state index in [2.05, 4.69) is 5.32 Å². The smallest absolute Gasteiger partial charge is 0.331 e. The normalized spacial score (nSPS) is 19.1. The van der Waals surface area contributed by atoms with Crippen LogP contribution in [-0.4, -0.2) is 30.6 Å². The van der Waals surface area contributed by atoms with Gasteiger partial charge in [-0.05, 0) is 37.1 Å². The van der Waals surface area contributed by atoms with Gasteiger partial charge in [-0.25, -0.2) is 4.79 Å². The van der Waals surface area contributed by atoms with Gasteiger partial charge in [-0.1, -0.05) is 18.5 Å². The van der Waals surface area contributed by atoms with Gasteiger partial charge in [-0.15, -0.1) is 0 Å². The molecule has 0 spiro atoms. The van der Waals surface area contributed by atoms with E-state index in [0.717, 1.165) is 5.56 Å². The molecule has 1 heterocycles. The Morgan fingerprint density at radius 2 is 2.24 bits per heavy atom. The third-order valence-corrected chi connectivity index (χ3v) is 3.97. The van der Waals surface area contributed by atoms with Crippen LogP contribution in [0, 0.1) is 0 Å². The zero-order valence-electron chi connectivity index (χ0n) is 12.2. The summed E-state index contributed by atoms with van der Waals surface area (Å²) in [5, 5.41) is 3.32. The number of amides is 1. The Bertz CT molecular complexity index is 575. The van der Waals surface area contributed by atoms with E-state index in [1.807, 2.05) is 0 Å². The molecule has 0 aliphatic carbocycles. The van der Waals surface area contributed by atoms with E-state index in [0.29, 0.717) is 23.6 Å². The monoisotopic (exact) mass is 311 g/mol. The maximum atomic E-state index is 12.3. The summed E-state index contributed by atoms with van der Waals surface area (Å²) in [6.45, 7) is 3.44. The molecule has 0 saturated heterocycles. The molecule has 0 saturated carbocycles. The van der Waals surface area contributed by atoms with Crippen LogP contribution >= 0.6 is 11.6 Å². The number of benzene rings is 1. The van der Waals surface area contributed by atoms with Crippen LogP contribution in [0.1, 0.15) is 25.8 Å². The number of fused-ring (bicyclic) bond motifs is 1. The molecule has 114 valence electrons. The van der Waals surface area contributed by atoms with Crippen LogP contribution in [0.25, 0.3) is 0 Å². The first kappa shape index (κ1) is 15.6. The van der Waals surface area contributed by atoms with E-state index in [4.69, 9.17) is 21.1 Å². The molecule has 6 heteroatoms. The van der Waals surface area contributed by atoms with Crippen molar-refractivity contribution in [3.05, 3.63) is 28.8 Å². The molecule has 21 heavy (non-hydrogen) atoms. The second-order valence-electron chi connectivity index (χ2n) is 5.23. The Morgan fingerprint density at radius 1 is 1.52 bits per heavy atom. The summed E-state index contributed by atoms with van der Waals surface area (Å²) < 4.78 is 10.3. The highest BCUT2D eigenvalue weighted by atomic mass is 35.5. The van der Waals surface area contributed by atoms with E-state index in [1.54, 1.807) is 32.0 Å². The Hall–Kier alpha value is -1.75. The van der Waals surface area contributed by atoms with Crippen LogP contribution in [-0.2, 0) is 20.7 Å². The highest BCUT2D eigenvalue weighted by Gasteiger charge is 2.38. The number of carbonyl (C=O) groups is 2. The largest absolute Gasteiger partial charge is 0.480 e. The average molecular weight is 312 g/mol. The first-order valence-electron chi connectivity index (χ1n) is 6.75. The Balaban J connectivity index is 2.08. The minimum Gasteiger partial charge on any atom is -0.480 e. The first-order valence-corrected chi connectivity index (χ1v) is 7.13. The molecular weight excluding hydrogens is 294 g/mol. The lowest BCUT2D eigenvalue weighted by atomic mass is 9.98. The predicted molar refractivity (Wildman–Crippen MR) is 78.4 cm³/mol. The van der Waals surface area contributed by atoms with Crippen molar-refractivity contribution in [3.8, 4) is 5.75 Å². The SMILES string of the molecule is CCC(C)(NC(=O)C1Cc2cc(Cl)ccc2O1)C(=O)OC. The Kier molecular flexibility index (Phi) is 4.42. The van der Waals surface area contributed by atoms with Crippen LogP contribution in [0.15, 0.2) is 18.2 Å². The maximum Gasteiger partial charge on any atom is 0.331 e. The summed E-state index contributed by atoms with van der Waals surface area (Å²) >= 11 is 5.92. The van der Waals surface area contributed by atoms with E-state index in [9.17, 15) is 9.59 Å². The van der Waals surface area contributed by atoms with Gasteiger partial charge in [0, 0.05) is 11.4 Å². The number of nitrogens with one attached hydrogen (secondary N) is 1. The average Bonchev–Trinajstić information content (AvgIpc) is 2.89. The molecule has 1 aromatic carbocycles. The van der Waals surface area contributed by atoms with Gasteiger partial charge in [0.15, 0.2) is 6.10 Å². The molecular formula is C15H18ClNO4. The van der Waals surface area contributed by atoms with Crippen LogP contribution in [0.5, 0.6) is 5.75 Å². The summed E-state index contributed by atoms with van der Waals surface area (Å²) in [4.78, 5) is 24.1. The third-order valence-electron chi connectivity index (χ3n) is 3.73. The number of carbonyl (C=O) groups excluding carboxylic acids is 2. The quantitative estimate of drug-likeness (QED) is 0.865. The zero-order valence-corrected chi connectivity index (χ0v) is 13.0. The van der Waals surface area contributed by atoms with Gasteiger partial charge in [0.1, 0.15) is 11.3 Å². The lowest BCUT2D eigenvalue weighted by Crippen LogP contribution is -2.55. The van der Waals surface area contributed by atoms with Gasteiger partial charge in [0.25, 0.3) is 5.91 Å². The number of rotatable bonds is 4. The molecule has 0 bridgehead atoms. The standard InChI is InChI=1S/C15H18ClNO4/c1-4-15(2,14(19)20-3)17-13(18)12-8-9-7-10(16)5-6-11(9)21-12/h5-7,12H,4,8H2,1-3H3,(H,17,18). The van der Waals surface area contributed by atoms with Crippen LogP contribution in [0.2, 0.25) is 5.02 Å². The summed E-state index contributed by atoms with van der Waals surface area (Å²) in [6, 6.07) is 5.24. The summed E-state index contributed by atoms with van der Waals surface area (Å²) in [6.07, 6.45) is 0.202. The van der Waals surface area contributed by atoms with Crippen LogP contribution in [0.4, 0.5) is 0 Å². The van der Waals surface area contributed by atoms with Crippen molar-refractivity contribution in [3.63, 3.8) is 0 Å². The van der Waals surface area contributed by atoms with Crippen molar-refractivity contribution in [2.45, 2.75) is 38.3 Å². The van der Waals surface area contributed by atoms with Crippen molar-refractivity contribution < 1.29 is 19.1 Å². The molecule has 0 radical (unpaired) electrons. The Labute approximate surface area is 128 Å². The highest BCUT2D eigenvalue weighted by molar-refractivity contribution is 6.30. The molecule has 2 rings (SSSR count). The molecule has 0 aromatic heterocycles. The fraction of sp³-hybridized carbons (Fsp3) is 0.467. The fourth-order valence-electron chi connectivity index (χ4n) is 2.22. The lowest BCUT2D eigenvalue weighted by Gasteiger charge is -2.27. The minimum absolute atomic E-state index is 0.336. The number of hydrogen-bond donors (Lipinski definition) is 1. The van der Waals surface area contributed by atoms with Crippen LogP contribution < -0.4 is 10.1 Å². The van der Waals surface area contributed by atoms with Crippen molar-refractivity contribution >= 4 is 23.5 Å². The molecule has 2 atom stereocenters. The van der Waals surface area contributed by atoms with Crippen LogP contribution in [0.3, 0.4) is 0 Å². The number of methoxy groups -OCH3 is 1. The van der Waals surface area contributed by atoms with E-state index in [1.165, 1.54) is 7.11 Å². The molecule has 1 aliphatic heterocycles. The summed E-state index contributed by atoms with van der Waals surface area (Å²) in [7, 11) is 1.30. The van der Waals surface area contributed by atoms with Crippen molar-refractivity contribution in [2.24, 2.45) is 0 Å². The second-order valence-corrected chi connectivity index (χ2v) is 5.67. The molecule has 5 nitrogen and oxygen atoms in total. The minimum atomic E-state index is -1.05. The molecule has 1 amide bonds. The summed E-state index contributed by atoms with van der Waals surface area (Å²) in [5.74, 6) is -0.162. The predicted octanol–water partition coefficient (Wildman–Crippen LogP) is 2.10. The van der Waals surface area contributed by atoms with Gasteiger partial charge in [0.2, 0.25) is 0 Å². The maximum absolute atomic E-state index is 12.3. The van der Waals surface area contributed by atoms with Gasteiger partial charge < -0.3 is 14.8 Å². The summed E-state index contributed by atoms with van der Waals surface area (Å²) in [5.41, 5.74) is -0.166. The number of halogens is 1. The lowest BCUT2D eigenvalue weighted by molar-refractivity contribution is -0.151. The van der Waals surface area contributed by atoms with Crippen molar-refractivity contribution in [2.75, 3.05) is 7.11 Å². The number of ether oxygens (including phenoxy) is 2. The topological polar surface area (TPSA) is 64.6 Å². The Morgan fingerprint density at radius 3 is 2.86 bits per heavy atom. The van der Waals surface area contributed by atoms with E-state index < -0.39 is 17.6 Å². The van der Waals surface area contributed by atoms with Gasteiger partial charge in [-0.3, -0.25) is 4.79 Å². The van der Waals surface area contributed by atoms with Gasteiger partial charge in [0.05, 0.1) is 7.11 Å². The third kappa shape index (κ3) is 3.13. The second kappa shape index (κ2) is 5.93. The molecule has 1 N–H and O–H groups in total. The molecule has 1 aromatic rings. The first-order chi connectivity index (χ1) is 9.89.